The Morgan fingerprint density at radius 1 is 1.22 bits per heavy atom. The van der Waals surface area contributed by atoms with Gasteiger partial charge in [0, 0.05) is 6.54 Å². The molecule has 0 aromatic carbocycles. The Kier molecular flexibility index (Phi) is 6.13. The molecule has 0 amide bonds. The zero-order valence-corrected chi connectivity index (χ0v) is 12.2. The lowest BCUT2D eigenvalue weighted by atomic mass is 9.84. The van der Waals surface area contributed by atoms with E-state index in [4.69, 9.17) is 10.5 Å². The van der Waals surface area contributed by atoms with Gasteiger partial charge in [0.25, 0.3) is 0 Å². The third-order valence-corrected chi connectivity index (χ3v) is 3.56. The highest BCUT2D eigenvalue weighted by Gasteiger charge is 2.27. The zero-order valence-electron chi connectivity index (χ0n) is 12.2. The largest absolute Gasteiger partial charge is 0.462 e. The lowest BCUT2D eigenvalue weighted by Gasteiger charge is -2.25. The highest BCUT2D eigenvalue weighted by Crippen LogP contribution is 2.26. The van der Waals surface area contributed by atoms with Crippen molar-refractivity contribution in [3.63, 3.8) is 0 Å². The minimum atomic E-state index is -0.145. The van der Waals surface area contributed by atoms with E-state index in [0.29, 0.717) is 6.54 Å². The molecule has 1 aliphatic carbocycles. The molecule has 0 aliphatic heterocycles. The monoisotopic (exact) mass is 255 g/mol. The number of hydrogen-bond donors (Lipinski definition) is 1. The van der Waals surface area contributed by atoms with Gasteiger partial charge in [-0.1, -0.05) is 33.6 Å². The first-order chi connectivity index (χ1) is 8.42. The fourth-order valence-electron chi connectivity index (χ4n) is 2.62. The Balaban J connectivity index is 2.45. The van der Waals surface area contributed by atoms with Crippen LogP contribution in [-0.4, -0.2) is 18.6 Å². The van der Waals surface area contributed by atoms with Crippen molar-refractivity contribution >= 4 is 5.97 Å². The smallest absolute Gasteiger partial charge is 0.310 e. The van der Waals surface area contributed by atoms with Gasteiger partial charge in [0.1, 0.15) is 6.10 Å². The van der Waals surface area contributed by atoms with Crippen molar-refractivity contribution in [2.24, 2.45) is 17.1 Å². The van der Waals surface area contributed by atoms with Crippen LogP contribution < -0.4 is 5.73 Å². The predicted molar refractivity (Wildman–Crippen MR) is 74.2 cm³/mol. The van der Waals surface area contributed by atoms with Gasteiger partial charge in [-0.25, -0.2) is 0 Å². The maximum absolute atomic E-state index is 12.1. The van der Waals surface area contributed by atoms with Crippen molar-refractivity contribution in [1.29, 1.82) is 0 Å². The van der Waals surface area contributed by atoms with Crippen LogP contribution in [0, 0.1) is 11.3 Å². The number of carbonyl (C=O) groups is 1. The molecular weight excluding hydrogens is 226 g/mol. The Labute approximate surface area is 111 Å². The van der Waals surface area contributed by atoms with Crippen molar-refractivity contribution in [3.8, 4) is 0 Å². The molecule has 106 valence electrons. The van der Waals surface area contributed by atoms with Crippen molar-refractivity contribution < 1.29 is 9.53 Å². The molecule has 1 rings (SSSR count). The Morgan fingerprint density at radius 2 is 1.78 bits per heavy atom. The summed E-state index contributed by atoms with van der Waals surface area (Å²) in [5, 5.41) is 0. The zero-order chi connectivity index (χ0) is 13.6. The van der Waals surface area contributed by atoms with Gasteiger partial charge in [0.05, 0.1) is 5.92 Å². The van der Waals surface area contributed by atoms with Gasteiger partial charge in [-0.15, -0.1) is 0 Å². The fourth-order valence-corrected chi connectivity index (χ4v) is 2.62. The molecule has 0 radical (unpaired) electrons. The van der Waals surface area contributed by atoms with Gasteiger partial charge in [0.15, 0.2) is 0 Å². The third kappa shape index (κ3) is 5.85. The topological polar surface area (TPSA) is 52.3 Å². The average Bonchev–Trinajstić information content (AvgIpc) is 2.53. The molecule has 0 aromatic rings. The second-order valence-corrected chi connectivity index (χ2v) is 6.75. The first kappa shape index (κ1) is 15.5. The molecule has 0 saturated heterocycles. The molecule has 0 heterocycles. The first-order valence-corrected chi connectivity index (χ1v) is 7.33. The standard InChI is InChI=1S/C15H29NO2/c1-15(2,3)10-12(11-16)14(17)18-13-8-6-4-5-7-9-13/h12-13H,4-11,16H2,1-3H3. The molecule has 1 unspecified atom stereocenters. The molecule has 18 heavy (non-hydrogen) atoms. The molecule has 3 nitrogen and oxygen atoms in total. The van der Waals surface area contributed by atoms with Crippen LogP contribution >= 0.6 is 0 Å². The van der Waals surface area contributed by atoms with Crippen molar-refractivity contribution in [2.75, 3.05) is 6.54 Å². The van der Waals surface area contributed by atoms with Crippen LogP contribution in [0.2, 0.25) is 0 Å². The third-order valence-electron chi connectivity index (χ3n) is 3.56. The van der Waals surface area contributed by atoms with E-state index < -0.39 is 0 Å². The maximum atomic E-state index is 12.1. The SMILES string of the molecule is CC(C)(C)CC(CN)C(=O)OC1CCCCCC1. The van der Waals surface area contributed by atoms with Crippen LogP contribution in [0.1, 0.15) is 65.7 Å². The number of nitrogens with two attached hydrogens (primary N) is 1. The summed E-state index contributed by atoms with van der Waals surface area (Å²) in [5.74, 6) is -0.229. The van der Waals surface area contributed by atoms with Crippen LogP contribution in [0.25, 0.3) is 0 Å². The molecule has 0 spiro atoms. The molecule has 2 N–H and O–H groups in total. The van der Waals surface area contributed by atoms with Crippen molar-refractivity contribution in [1.82, 2.24) is 0 Å². The highest BCUT2D eigenvalue weighted by atomic mass is 16.5. The summed E-state index contributed by atoms with van der Waals surface area (Å²) in [6.45, 7) is 6.79. The first-order valence-electron chi connectivity index (χ1n) is 7.33. The number of ether oxygens (including phenoxy) is 1. The summed E-state index contributed by atoms with van der Waals surface area (Å²) in [7, 11) is 0. The molecular formula is C15H29NO2. The Morgan fingerprint density at radius 3 is 2.22 bits per heavy atom. The Hall–Kier alpha value is -0.570. The molecule has 0 aromatic heterocycles. The van der Waals surface area contributed by atoms with Gasteiger partial charge >= 0.3 is 5.97 Å². The van der Waals surface area contributed by atoms with E-state index in [1.165, 1.54) is 25.7 Å². The summed E-state index contributed by atoms with van der Waals surface area (Å²) < 4.78 is 5.65. The average molecular weight is 255 g/mol. The summed E-state index contributed by atoms with van der Waals surface area (Å²) >= 11 is 0. The van der Waals surface area contributed by atoms with Gasteiger partial charge in [-0.2, -0.15) is 0 Å². The summed E-state index contributed by atoms with van der Waals surface area (Å²) in [5.41, 5.74) is 5.83. The molecule has 0 bridgehead atoms. The van der Waals surface area contributed by atoms with Gasteiger partial charge in [0.2, 0.25) is 0 Å². The minimum Gasteiger partial charge on any atom is -0.462 e. The van der Waals surface area contributed by atoms with Gasteiger partial charge < -0.3 is 10.5 Å². The van der Waals surface area contributed by atoms with Crippen LogP contribution in [-0.2, 0) is 9.53 Å². The van der Waals surface area contributed by atoms with Crippen LogP contribution in [0.4, 0.5) is 0 Å². The van der Waals surface area contributed by atoms with E-state index in [0.717, 1.165) is 19.3 Å². The second kappa shape index (κ2) is 7.13. The molecule has 1 saturated carbocycles. The van der Waals surface area contributed by atoms with E-state index in [2.05, 4.69) is 20.8 Å². The summed E-state index contributed by atoms with van der Waals surface area (Å²) in [6.07, 6.45) is 7.91. The molecule has 1 atom stereocenters. The number of hydrogen-bond acceptors (Lipinski definition) is 3. The lowest BCUT2D eigenvalue weighted by Crippen LogP contribution is -2.32. The lowest BCUT2D eigenvalue weighted by molar-refractivity contribution is -0.155. The maximum Gasteiger partial charge on any atom is 0.310 e. The second-order valence-electron chi connectivity index (χ2n) is 6.75. The summed E-state index contributed by atoms with van der Waals surface area (Å²) in [6, 6.07) is 0. The number of rotatable bonds is 4. The quantitative estimate of drug-likeness (QED) is 0.619. The fraction of sp³-hybridized carbons (Fsp3) is 0.933. The van der Waals surface area contributed by atoms with Crippen LogP contribution in [0.5, 0.6) is 0 Å². The normalized spacial score (nSPS) is 20.2. The Bertz CT molecular complexity index is 250. The van der Waals surface area contributed by atoms with E-state index in [1.807, 2.05) is 0 Å². The van der Waals surface area contributed by atoms with Crippen molar-refractivity contribution in [3.05, 3.63) is 0 Å². The molecule has 1 fully saturated rings. The highest BCUT2D eigenvalue weighted by molar-refractivity contribution is 5.73. The van der Waals surface area contributed by atoms with Crippen LogP contribution in [0.3, 0.4) is 0 Å². The van der Waals surface area contributed by atoms with E-state index >= 15 is 0 Å². The van der Waals surface area contributed by atoms with Gasteiger partial charge in [-0.05, 0) is 37.5 Å². The van der Waals surface area contributed by atoms with E-state index in [9.17, 15) is 4.79 Å². The predicted octanol–water partition coefficient (Wildman–Crippen LogP) is 3.26. The molecule has 3 heteroatoms. The number of carbonyl (C=O) groups excluding carboxylic acids is 1. The van der Waals surface area contributed by atoms with Crippen molar-refractivity contribution in [2.45, 2.75) is 71.8 Å². The number of esters is 1. The van der Waals surface area contributed by atoms with E-state index in [-0.39, 0.29) is 23.4 Å². The minimum absolute atomic E-state index is 0.0840. The molecule has 1 aliphatic rings. The van der Waals surface area contributed by atoms with Crippen LogP contribution in [0.15, 0.2) is 0 Å². The van der Waals surface area contributed by atoms with Gasteiger partial charge in [-0.3, -0.25) is 4.79 Å². The van der Waals surface area contributed by atoms with E-state index in [1.54, 1.807) is 0 Å². The summed E-state index contributed by atoms with van der Waals surface area (Å²) in [4.78, 5) is 12.1.